The summed E-state index contributed by atoms with van der Waals surface area (Å²) in [6.45, 7) is 3.69. The van der Waals surface area contributed by atoms with Gasteiger partial charge in [0.1, 0.15) is 11.9 Å². The lowest BCUT2D eigenvalue weighted by Crippen LogP contribution is -2.42. The van der Waals surface area contributed by atoms with E-state index in [1.54, 1.807) is 12.1 Å². The van der Waals surface area contributed by atoms with Crippen molar-refractivity contribution in [3.8, 4) is 0 Å². The largest absolute Gasteiger partial charge is 0.460 e. The molecule has 3 aliphatic heterocycles. The molecule has 2 aromatic carbocycles. The summed E-state index contributed by atoms with van der Waals surface area (Å²) in [5.74, 6) is 1.07. The summed E-state index contributed by atoms with van der Waals surface area (Å²) in [7, 11) is 0. The Bertz CT molecular complexity index is 979. The molecule has 4 nitrogen and oxygen atoms in total. The lowest BCUT2D eigenvalue weighted by atomic mass is 9.78. The zero-order valence-electron chi connectivity index (χ0n) is 17.9. The molecule has 1 saturated carbocycles. The van der Waals surface area contributed by atoms with Crippen LogP contribution in [0.1, 0.15) is 59.9 Å². The van der Waals surface area contributed by atoms with Gasteiger partial charge in [0.25, 0.3) is 6.02 Å². The SMILES string of the molecule is Fc1ccc([C@H]2c3ccc(C4CCC4)cc3CCN2C2=NCC([C@H]3CCNC3)O2)cc1. The number of hydrogen-bond donors (Lipinski definition) is 1. The number of rotatable bonds is 3. The zero-order chi connectivity index (χ0) is 20.8. The molecule has 2 fully saturated rings. The number of nitrogens with zero attached hydrogens (tertiary/aromatic N) is 2. The molecule has 0 amide bonds. The van der Waals surface area contributed by atoms with Crippen LogP contribution in [0.5, 0.6) is 0 Å². The van der Waals surface area contributed by atoms with E-state index < -0.39 is 0 Å². The van der Waals surface area contributed by atoms with Gasteiger partial charge >= 0.3 is 0 Å². The molecule has 0 spiro atoms. The van der Waals surface area contributed by atoms with E-state index in [9.17, 15) is 4.39 Å². The van der Waals surface area contributed by atoms with Gasteiger partial charge < -0.3 is 15.0 Å². The van der Waals surface area contributed by atoms with E-state index in [1.807, 2.05) is 12.1 Å². The molecule has 1 unspecified atom stereocenters. The summed E-state index contributed by atoms with van der Waals surface area (Å²) in [5, 5.41) is 3.44. The molecule has 0 bridgehead atoms. The van der Waals surface area contributed by atoms with Gasteiger partial charge in [0, 0.05) is 19.0 Å². The lowest BCUT2D eigenvalue weighted by molar-refractivity contribution is 0.126. The number of benzene rings is 2. The van der Waals surface area contributed by atoms with Crippen LogP contribution in [0.15, 0.2) is 47.5 Å². The maximum Gasteiger partial charge on any atom is 0.288 e. The standard InChI is InChI=1S/C26H30FN3O/c27-22-7-4-18(5-8-22)25-23-9-6-19(17-2-1-3-17)14-20(23)11-13-30(25)26-29-16-24(31-26)21-10-12-28-15-21/h4-9,14,17,21,24-25,28H,1-3,10-13,15-16H2/t21-,24?,25-/m0/s1. The average Bonchev–Trinajstić information content (AvgIpc) is 3.44. The van der Waals surface area contributed by atoms with Crippen molar-refractivity contribution in [1.82, 2.24) is 10.2 Å². The smallest absolute Gasteiger partial charge is 0.288 e. The quantitative estimate of drug-likeness (QED) is 0.801. The summed E-state index contributed by atoms with van der Waals surface area (Å²) in [5.41, 5.74) is 5.30. The first-order valence-electron chi connectivity index (χ1n) is 11.8. The van der Waals surface area contributed by atoms with E-state index >= 15 is 0 Å². The monoisotopic (exact) mass is 419 g/mol. The first kappa shape index (κ1) is 19.3. The van der Waals surface area contributed by atoms with Crippen molar-refractivity contribution in [2.75, 3.05) is 26.2 Å². The molecule has 1 N–H and O–H groups in total. The van der Waals surface area contributed by atoms with E-state index in [0.717, 1.165) is 56.5 Å². The van der Waals surface area contributed by atoms with Crippen molar-refractivity contribution < 1.29 is 9.13 Å². The normalized spacial score (nSPS) is 28.1. The number of fused-ring (bicyclic) bond motifs is 1. The van der Waals surface area contributed by atoms with Gasteiger partial charge in [-0.05, 0) is 72.5 Å². The van der Waals surface area contributed by atoms with Crippen molar-refractivity contribution in [3.05, 3.63) is 70.5 Å². The Labute approximate surface area is 183 Å². The summed E-state index contributed by atoms with van der Waals surface area (Å²) >= 11 is 0. The Balaban J connectivity index is 1.33. The van der Waals surface area contributed by atoms with Gasteiger partial charge in [-0.1, -0.05) is 36.8 Å². The fourth-order valence-electron chi connectivity index (χ4n) is 5.63. The highest BCUT2D eigenvalue weighted by Gasteiger charge is 2.38. The molecule has 0 radical (unpaired) electrons. The van der Waals surface area contributed by atoms with Crippen LogP contribution in [0.4, 0.5) is 4.39 Å². The molecule has 0 aromatic heterocycles. The number of hydrogen-bond acceptors (Lipinski definition) is 4. The summed E-state index contributed by atoms with van der Waals surface area (Å²) < 4.78 is 20.1. The van der Waals surface area contributed by atoms with E-state index in [1.165, 1.54) is 36.0 Å². The minimum absolute atomic E-state index is 0.0130. The molecule has 4 aliphatic rings. The van der Waals surface area contributed by atoms with Gasteiger partial charge in [0.2, 0.25) is 0 Å². The topological polar surface area (TPSA) is 36.9 Å². The van der Waals surface area contributed by atoms with Crippen LogP contribution < -0.4 is 5.32 Å². The third-order valence-electron chi connectivity index (χ3n) is 7.69. The van der Waals surface area contributed by atoms with Crippen LogP contribution in [-0.2, 0) is 11.2 Å². The predicted octanol–water partition coefficient (Wildman–Crippen LogP) is 4.41. The van der Waals surface area contributed by atoms with Gasteiger partial charge in [0.15, 0.2) is 0 Å². The third kappa shape index (κ3) is 3.53. The van der Waals surface area contributed by atoms with Crippen molar-refractivity contribution >= 4 is 6.02 Å². The Morgan fingerprint density at radius 3 is 2.61 bits per heavy atom. The second-order valence-corrected chi connectivity index (χ2v) is 9.52. The molecular weight excluding hydrogens is 389 g/mol. The van der Waals surface area contributed by atoms with E-state index in [-0.39, 0.29) is 18.0 Å². The van der Waals surface area contributed by atoms with Crippen molar-refractivity contribution in [1.29, 1.82) is 0 Å². The number of amidine groups is 1. The Morgan fingerprint density at radius 2 is 1.87 bits per heavy atom. The predicted molar refractivity (Wildman–Crippen MR) is 120 cm³/mol. The van der Waals surface area contributed by atoms with Crippen LogP contribution in [0.25, 0.3) is 0 Å². The van der Waals surface area contributed by atoms with Crippen LogP contribution in [0.2, 0.25) is 0 Å². The fraction of sp³-hybridized carbons (Fsp3) is 0.500. The molecule has 3 atom stereocenters. The molecule has 31 heavy (non-hydrogen) atoms. The van der Waals surface area contributed by atoms with Crippen molar-refractivity contribution in [3.63, 3.8) is 0 Å². The van der Waals surface area contributed by atoms with Gasteiger partial charge in [-0.3, -0.25) is 0 Å². The fourth-order valence-corrected chi connectivity index (χ4v) is 5.63. The van der Waals surface area contributed by atoms with Gasteiger partial charge in [-0.2, -0.15) is 0 Å². The molecule has 3 heterocycles. The van der Waals surface area contributed by atoms with Crippen molar-refractivity contribution in [2.24, 2.45) is 10.9 Å². The number of halogens is 1. The molecule has 2 aromatic rings. The Hall–Kier alpha value is -2.40. The minimum Gasteiger partial charge on any atom is -0.460 e. The molecule has 6 rings (SSSR count). The van der Waals surface area contributed by atoms with Gasteiger partial charge in [0.05, 0.1) is 12.6 Å². The van der Waals surface area contributed by atoms with Gasteiger partial charge in [-0.15, -0.1) is 0 Å². The third-order valence-corrected chi connectivity index (χ3v) is 7.69. The second kappa shape index (κ2) is 7.94. The Morgan fingerprint density at radius 1 is 1.03 bits per heavy atom. The highest BCUT2D eigenvalue weighted by atomic mass is 19.1. The van der Waals surface area contributed by atoms with Gasteiger partial charge in [-0.25, -0.2) is 9.38 Å². The second-order valence-electron chi connectivity index (χ2n) is 9.52. The van der Waals surface area contributed by atoms with Crippen molar-refractivity contribution in [2.45, 2.75) is 50.2 Å². The maximum atomic E-state index is 13.7. The first-order chi connectivity index (χ1) is 15.3. The molecule has 162 valence electrons. The summed E-state index contributed by atoms with van der Waals surface area (Å²) in [4.78, 5) is 7.14. The summed E-state index contributed by atoms with van der Waals surface area (Å²) in [6.07, 6.45) is 6.29. The van der Waals surface area contributed by atoms with E-state index in [4.69, 9.17) is 9.73 Å². The zero-order valence-corrected chi connectivity index (χ0v) is 17.9. The van der Waals surface area contributed by atoms with Crippen LogP contribution in [-0.4, -0.2) is 43.2 Å². The van der Waals surface area contributed by atoms with Crippen LogP contribution in [0.3, 0.4) is 0 Å². The van der Waals surface area contributed by atoms with E-state index in [0.29, 0.717) is 5.92 Å². The molecular formula is C26H30FN3O. The average molecular weight is 420 g/mol. The molecule has 1 saturated heterocycles. The highest BCUT2D eigenvalue weighted by molar-refractivity contribution is 5.77. The van der Waals surface area contributed by atoms with Crippen LogP contribution >= 0.6 is 0 Å². The van der Waals surface area contributed by atoms with E-state index in [2.05, 4.69) is 28.4 Å². The number of aliphatic imine (C=N–C) groups is 1. The number of ether oxygens (including phenoxy) is 1. The molecule has 1 aliphatic carbocycles. The molecule has 5 heteroatoms. The lowest BCUT2D eigenvalue weighted by Gasteiger charge is -2.39. The highest BCUT2D eigenvalue weighted by Crippen LogP contribution is 2.41. The first-order valence-corrected chi connectivity index (χ1v) is 11.8. The number of nitrogens with one attached hydrogen (secondary N) is 1. The Kier molecular flexibility index (Phi) is 4.94. The van der Waals surface area contributed by atoms with Crippen LogP contribution in [0, 0.1) is 11.7 Å². The summed E-state index contributed by atoms with van der Waals surface area (Å²) in [6, 6.07) is 14.8. The maximum absolute atomic E-state index is 13.7. The minimum atomic E-state index is -0.199.